The van der Waals surface area contributed by atoms with Gasteiger partial charge in [-0.15, -0.1) is 0 Å². The van der Waals surface area contributed by atoms with Crippen molar-refractivity contribution in [3.63, 3.8) is 0 Å². The van der Waals surface area contributed by atoms with Gasteiger partial charge in [0.15, 0.2) is 0 Å². The Morgan fingerprint density at radius 1 is 1.18 bits per heavy atom. The van der Waals surface area contributed by atoms with Gasteiger partial charge in [-0.05, 0) is 44.0 Å². The number of hydrogen-bond acceptors (Lipinski definition) is 4. The molecule has 2 unspecified atom stereocenters. The Bertz CT molecular complexity index is 597. The molecule has 0 heterocycles. The minimum Gasteiger partial charge on any atom is -0.325 e. The fraction of sp³-hybridized carbons (Fsp3) is 0.533. The molecule has 124 valence electrons. The van der Waals surface area contributed by atoms with Gasteiger partial charge in [0.2, 0.25) is 15.9 Å². The molecular weight excluding hydrogens is 302 g/mol. The summed E-state index contributed by atoms with van der Waals surface area (Å²) in [6, 6.07) is 5.24. The summed E-state index contributed by atoms with van der Waals surface area (Å²) < 4.78 is 26.5. The third-order valence-electron chi connectivity index (χ3n) is 3.38. The Kier molecular flexibility index (Phi) is 6.52. The Morgan fingerprint density at radius 2 is 1.73 bits per heavy atom. The molecule has 0 aliphatic heterocycles. The van der Waals surface area contributed by atoms with Gasteiger partial charge in [0.25, 0.3) is 0 Å². The third kappa shape index (κ3) is 5.08. The number of sulfonamides is 1. The Balaban J connectivity index is 2.80. The SMILES string of the molecule is CCC(C)C(N)C(=O)Nc1ccc(S(=O)(=O)NC(C)C)cc1. The van der Waals surface area contributed by atoms with Crippen LogP contribution < -0.4 is 15.8 Å². The summed E-state index contributed by atoms with van der Waals surface area (Å²) in [7, 11) is -3.53. The molecule has 1 rings (SSSR count). The Hall–Kier alpha value is -1.44. The number of benzene rings is 1. The van der Waals surface area contributed by atoms with Crippen molar-refractivity contribution >= 4 is 21.6 Å². The number of nitrogens with two attached hydrogens (primary N) is 1. The summed E-state index contributed by atoms with van der Waals surface area (Å²) in [4.78, 5) is 12.1. The van der Waals surface area contributed by atoms with Gasteiger partial charge >= 0.3 is 0 Å². The van der Waals surface area contributed by atoms with Gasteiger partial charge in [0, 0.05) is 11.7 Å². The van der Waals surface area contributed by atoms with Crippen LogP contribution in [0.15, 0.2) is 29.2 Å². The fourth-order valence-corrected chi connectivity index (χ4v) is 3.08. The summed E-state index contributed by atoms with van der Waals surface area (Å²) >= 11 is 0. The summed E-state index contributed by atoms with van der Waals surface area (Å²) in [5, 5.41) is 2.70. The molecule has 1 amide bonds. The van der Waals surface area contributed by atoms with Crippen LogP contribution in [0.25, 0.3) is 0 Å². The monoisotopic (exact) mass is 327 g/mol. The number of rotatable bonds is 7. The molecule has 22 heavy (non-hydrogen) atoms. The van der Waals surface area contributed by atoms with Gasteiger partial charge in [-0.2, -0.15) is 0 Å². The van der Waals surface area contributed by atoms with Gasteiger partial charge < -0.3 is 11.1 Å². The molecule has 0 fully saturated rings. The second kappa shape index (κ2) is 7.71. The van der Waals surface area contributed by atoms with Crippen LogP contribution >= 0.6 is 0 Å². The topological polar surface area (TPSA) is 101 Å². The quantitative estimate of drug-likeness (QED) is 0.709. The van der Waals surface area contributed by atoms with E-state index >= 15 is 0 Å². The van der Waals surface area contributed by atoms with Crippen LogP contribution in [0.5, 0.6) is 0 Å². The lowest BCUT2D eigenvalue weighted by atomic mass is 9.99. The number of nitrogens with one attached hydrogen (secondary N) is 2. The van der Waals surface area contributed by atoms with Gasteiger partial charge in [-0.3, -0.25) is 4.79 Å². The molecule has 0 aliphatic carbocycles. The molecule has 0 aromatic heterocycles. The van der Waals surface area contributed by atoms with E-state index in [1.165, 1.54) is 12.1 Å². The average molecular weight is 327 g/mol. The zero-order valence-corrected chi connectivity index (χ0v) is 14.3. The van der Waals surface area contributed by atoms with Gasteiger partial charge in [0.05, 0.1) is 10.9 Å². The van der Waals surface area contributed by atoms with Crippen LogP contribution in [-0.2, 0) is 14.8 Å². The first-order valence-corrected chi connectivity index (χ1v) is 8.84. The summed E-state index contributed by atoms with van der Waals surface area (Å²) in [5.74, 6) is -0.194. The largest absolute Gasteiger partial charge is 0.325 e. The van der Waals surface area contributed by atoms with Crippen LogP contribution in [0.1, 0.15) is 34.1 Å². The highest BCUT2D eigenvalue weighted by atomic mass is 32.2. The third-order valence-corrected chi connectivity index (χ3v) is 5.06. The first-order valence-electron chi connectivity index (χ1n) is 7.36. The predicted octanol–water partition coefficient (Wildman–Crippen LogP) is 1.69. The van der Waals surface area contributed by atoms with Crippen molar-refractivity contribution in [3.05, 3.63) is 24.3 Å². The molecule has 0 saturated carbocycles. The maximum atomic E-state index is 12.0. The van der Waals surface area contributed by atoms with Crippen molar-refractivity contribution in [2.45, 2.75) is 51.1 Å². The van der Waals surface area contributed by atoms with E-state index in [-0.39, 0.29) is 22.8 Å². The van der Waals surface area contributed by atoms with Crippen molar-refractivity contribution in [1.82, 2.24) is 4.72 Å². The van der Waals surface area contributed by atoms with E-state index in [1.54, 1.807) is 26.0 Å². The van der Waals surface area contributed by atoms with Crippen molar-refractivity contribution < 1.29 is 13.2 Å². The van der Waals surface area contributed by atoms with Gasteiger partial charge in [0.1, 0.15) is 0 Å². The van der Waals surface area contributed by atoms with Crippen molar-refractivity contribution in [2.75, 3.05) is 5.32 Å². The van der Waals surface area contributed by atoms with E-state index in [0.717, 1.165) is 6.42 Å². The molecule has 0 saturated heterocycles. The highest BCUT2D eigenvalue weighted by Gasteiger charge is 2.20. The maximum absolute atomic E-state index is 12.0. The van der Waals surface area contributed by atoms with E-state index in [2.05, 4.69) is 10.0 Å². The summed E-state index contributed by atoms with van der Waals surface area (Å²) in [6.07, 6.45) is 0.812. The predicted molar refractivity (Wildman–Crippen MR) is 88.0 cm³/mol. The number of carbonyl (C=O) groups is 1. The summed E-state index contributed by atoms with van der Waals surface area (Å²) in [6.45, 7) is 7.39. The second-order valence-corrected chi connectivity index (χ2v) is 7.41. The molecule has 0 aliphatic rings. The lowest BCUT2D eigenvalue weighted by Crippen LogP contribution is -2.40. The first-order chi connectivity index (χ1) is 10.2. The van der Waals surface area contributed by atoms with E-state index in [9.17, 15) is 13.2 Å². The van der Waals surface area contributed by atoms with E-state index < -0.39 is 16.1 Å². The van der Waals surface area contributed by atoms with E-state index in [0.29, 0.717) is 5.69 Å². The molecule has 0 spiro atoms. The van der Waals surface area contributed by atoms with Crippen LogP contribution in [0.2, 0.25) is 0 Å². The highest BCUT2D eigenvalue weighted by molar-refractivity contribution is 7.89. The molecule has 1 aromatic rings. The molecule has 0 radical (unpaired) electrons. The average Bonchev–Trinajstić information content (AvgIpc) is 2.44. The minimum absolute atomic E-state index is 0.0786. The lowest BCUT2D eigenvalue weighted by molar-refractivity contribution is -0.118. The normalized spacial score (nSPS) is 14.6. The second-order valence-electron chi connectivity index (χ2n) is 5.70. The van der Waals surface area contributed by atoms with E-state index in [4.69, 9.17) is 5.73 Å². The van der Waals surface area contributed by atoms with Crippen LogP contribution in [0.4, 0.5) is 5.69 Å². The van der Waals surface area contributed by atoms with Crippen LogP contribution in [0, 0.1) is 5.92 Å². The first kappa shape index (κ1) is 18.6. The highest BCUT2D eigenvalue weighted by Crippen LogP contribution is 2.15. The number of hydrogen-bond donors (Lipinski definition) is 3. The molecule has 1 aromatic carbocycles. The van der Waals surface area contributed by atoms with Crippen molar-refractivity contribution in [1.29, 1.82) is 0 Å². The standard InChI is InChI=1S/C15H25N3O3S/c1-5-11(4)14(16)15(19)17-12-6-8-13(9-7-12)22(20,21)18-10(2)3/h6-11,14,18H,5,16H2,1-4H3,(H,17,19). The van der Waals surface area contributed by atoms with Gasteiger partial charge in [-0.25, -0.2) is 13.1 Å². The van der Waals surface area contributed by atoms with Crippen LogP contribution in [0.3, 0.4) is 0 Å². The Labute approximate surface area is 132 Å². The zero-order chi connectivity index (χ0) is 16.9. The zero-order valence-electron chi connectivity index (χ0n) is 13.5. The molecular formula is C15H25N3O3S. The molecule has 0 bridgehead atoms. The summed E-state index contributed by atoms with van der Waals surface area (Å²) in [5.41, 5.74) is 6.38. The van der Waals surface area contributed by atoms with E-state index in [1.807, 2.05) is 13.8 Å². The molecule has 6 nitrogen and oxygen atoms in total. The van der Waals surface area contributed by atoms with Gasteiger partial charge in [-0.1, -0.05) is 20.3 Å². The minimum atomic E-state index is -3.53. The van der Waals surface area contributed by atoms with Crippen molar-refractivity contribution in [3.8, 4) is 0 Å². The lowest BCUT2D eigenvalue weighted by Gasteiger charge is -2.17. The smallest absolute Gasteiger partial charge is 0.241 e. The molecule has 4 N–H and O–H groups in total. The fourth-order valence-electron chi connectivity index (χ4n) is 1.83. The molecule has 2 atom stereocenters. The Morgan fingerprint density at radius 3 is 2.18 bits per heavy atom. The number of anilines is 1. The van der Waals surface area contributed by atoms with Crippen molar-refractivity contribution in [2.24, 2.45) is 11.7 Å². The number of carbonyl (C=O) groups excluding carboxylic acids is 1. The van der Waals surface area contributed by atoms with Crippen LogP contribution in [-0.4, -0.2) is 26.4 Å². The maximum Gasteiger partial charge on any atom is 0.241 e. The molecule has 7 heteroatoms. The number of amides is 1.